The van der Waals surface area contributed by atoms with E-state index < -0.39 is 0 Å². The highest BCUT2D eigenvalue weighted by molar-refractivity contribution is 5.32. The summed E-state index contributed by atoms with van der Waals surface area (Å²) in [6, 6.07) is 0. The Morgan fingerprint density at radius 1 is 1.35 bits per heavy atom. The van der Waals surface area contributed by atoms with E-state index in [0.29, 0.717) is 24.2 Å². The largest absolute Gasteiger partial charge is 0.396 e. The number of hydrogen-bond donors (Lipinski definition) is 2. The van der Waals surface area contributed by atoms with Crippen LogP contribution >= 0.6 is 0 Å². The molecule has 0 radical (unpaired) electrons. The van der Waals surface area contributed by atoms with E-state index in [9.17, 15) is 0 Å². The lowest BCUT2D eigenvalue weighted by atomic mass is 9.95. The third-order valence-corrected chi connectivity index (χ3v) is 3.59. The molecule has 1 saturated heterocycles. The topological polar surface area (TPSA) is 91.4 Å². The summed E-state index contributed by atoms with van der Waals surface area (Å²) < 4.78 is 0. The van der Waals surface area contributed by atoms with E-state index >= 15 is 0 Å². The second-order valence-corrected chi connectivity index (χ2v) is 5.56. The number of likely N-dealkylation sites (tertiary alicyclic amines) is 1. The summed E-state index contributed by atoms with van der Waals surface area (Å²) in [5.74, 6) is 2.14. The molecule has 1 atom stereocenters. The lowest BCUT2D eigenvalue weighted by molar-refractivity contribution is 0.140. The second-order valence-electron chi connectivity index (χ2n) is 5.56. The number of rotatable bonds is 5. The van der Waals surface area contributed by atoms with Gasteiger partial charge in [0, 0.05) is 27.2 Å². The highest BCUT2D eigenvalue weighted by atomic mass is 16.3. The lowest BCUT2D eigenvalue weighted by Crippen LogP contribution is -2.36. The molecule has 0 spiro atoms. The molecule has 1 aliphatic heterocycles. The Kier molecular flexibility index (Phi) is 5.08. The van der Waals surface area contributed by atoms with E-state index in [-0.39, 0.29) is 12.6 Å². The number of nitrogen functional groups attached to an aromatic ring is 1. The van der Waals surface area contributed by atoms with Gasteiger partial charge in [-0.05, 0) is 31.7 Å². The smallest absolute Gasteiger partial charge is 0.229 e. The molecule has 1 unspecified atom stereocenters. The van der Waals surface area contributed by atoms with Gasteiger partial charge >= 0.3 is 0 Å². The fraction of sp³-hybridized carbons (Fsp3) is 0.769. The fourth-order valence-electron chi connectivity index (χ4n) is 2.61. The maximum Gasteiger partial charge on any atom is 0.229 e. The summed E-state index contributed by atoms with van der Waals surface area (Å²) in [4.78, 5) is 16.9. The first-order valence-electron chi connectivity index (χ1n) is 7.09. The Morgan fingerprint density at radius 3 is 2.85 bits per heavy atom. The van der Waals surface area contributed by atoms with E-state index in [1.54, 1.807) is 0 Å². The minimum atomic E-state index is 0.266. The van der Waals surface area contributed by atoms with Crippen LogP contribution in [0.4, 0.5) is 11.9 Å². The first kappa shape index (κ1) is 14.9. The number of anilines is 2. The van der Waals surface area contributed by atoms with Crippen LogP contribution in [0.25, 0.3) is 0 Å². The van der Waals surface area contributed by atoms with E-state index in [1.807, 2.05) is 19.0 Å². The zero-order valence-electron chi connectivity index (χ0n) is 12.3. The standard InChI is InChI=1S/C13H24N6O/c1-18(2)13-16-11(15-12(14)17-13)9-19-6-3-4-10(8-19)5-7-20/h10,20H,3-9H2,1-2H3,(H2,14,15,16,17). The lowest BCUT2D eigenvalue weighted by Gasteiger charge is -2.32. The van der Waals surface area contributed by atoms with Crippen LogP contribution in [-0.4, -0.2) is 58.8 Å². The van der Waals surface area contributed by atoms with Crippen LogP contribution in [0.3, 0.4) is 0 Å². The van der Waals surface area contributed by atoms with Crippen LogP contribution in [0.5, 0.6) is 0 Å². The molecule has 0 aliphatic carbocycles. The highest BCUT2D eigenvalue weighted by Gasteiger charge is 2.20. The monoisotopic (exact) mass is 280 g/mol. The molecule has 1 aliphatic rings. The predicted octanol–water partition coefficient (Wildman–Crippen LogP) is 0.114. The Bertz CT molecular complexity index is 437. The van der Waals surface area contributed by atoms with Gasteiger partial charge in [-0.25, -0.2) is 0 Å². The molecule has 2 heterocycles. The number of aliphatic hydroxyl groups is 1. The van der Waals surface area contributed by atoms with Crippen molar-refractivity contribution in [1.29, 1.82) is 0 Å². The van der Waals surface area contributed by atoms with Gasteiger partial charge in [-0.3, -0.25) is 4.90 Å². The van der Waals surface area contributed by atoms with Gasteiger partial charge in [0.2, 0.25) is 11.9 Å². The molecule has 2 rings (SSSR count). The van der Waals surface area contributed by atoms with E-state index in [2.05, 4.69) is 19.9 Å². The molecule has 1 fully saturated rings. The van der Waals surface area contributed by atoms with Crippen molar-refractivity contribution in [2.24, 2.45) is 5.92 Å². The van der Waals surface area contributed by atoms with Gasteiger partial charge in [0.25, 0.3) is 0 Å². The van der Waals surface area contributed by atoms with E-state index in [1.165, 1.54) is 6.42 Å². The summed E-state index contributed by atoms with van der Waals surface area (Å²) in [6.45, 7) is 2.99. The molecular weight excluding hydrogens is 256 g/mol. The number of piperidine rings is 1. The molecular formula is C13H24N6O. The highest BCUT2D eigenvalue weighted by Crippen LogP contribution is 2.20. The Morgan fingerprint density at radius 2 is 2.15 bits per heavy atom. The first-order chi connectivity index (χ1) is 9.58. The van der Waals surface area contributed by atoms with Crippen molar-refractivity contribution in [2.75, 3.05) is 44.4 Å². The molecule has 112 valence electrons. The van der Waals surface area contributed by atoms with Gasteiger partial charge in [0.15, 0.2) is 0 Å². The molecule has 20 heavy (non-hydrogen) atoms. The van der Waals surface area contributed by atoms with Crippen LogP contribution in [0.1, 0.15) is 25.1 Å². The van der Waals surface area contributed by atoms with Crippen LogP contribution in [0.15, 0.2) is 0 Å². The first-order valence-corrected chi connectivity index (χ1v) is 7.09. The molecule has 7 nitrogen and oxygen atoms in total. The van der Waals surface area contributed by atoms with Crippen LogP contribution in [0, 0.1) is 5.92 Å². The van der Waals surface area contributed by atoms with E-state index in [4.69, 9.17) is 10.8 Å². The maximum atomic E-state index is 9.05. The number of nitrogens with zero attached hydrogens (tertiary/aromatic N) is 5. The van der Waals surface area contributed by atoms with Crippen molar-refractivity contribution in [2.45, 2.75) is 25.8 Å². The summed E-state index contributed by atoms with van der Waals surface area (Å²) in [5, 5.41) is 9.05. The number of hydrogen-bond acceptors (Lipinski definition) is 7. The third-order valence-electron chi connectivity index (χ3n) is 3.59. The Balaban J connectivity index is 2.02. The van der Waals surface area contributed by atoms with E-state index in [0.717, 1.165) is 25.9 Å². The summed E-state index contributed by atoms with van der Waals surface area (Å²) >= 11 is 0. The summed E-state index contributed by atoms with van der Waals surface area (Å²) in [7, 11) is 3.77. The Hall–Kier alpha value is -1.47. The van der Waals surface area contributed by atoms with Gasteiger partial charge < -0.3 is 15.7 Å². The minimum Gasteiger partial charge on any atom is -0.396 e. The van der Waals surface area contributed by atoms with Gasteiger partial charge in [-0.15, -0.1) is 0 Å². The van der Waals surface area contributed by atoms with Crippen LogP contribution in [0.2, 0.25) is 0 Å². The quantitative estimate of drug-likeness (QED) is 0.791. The zero-order chi connectivity index (χ0) is 14.5. The van der Waals surface area contributed by atoms with Gasteiger partial charge in [-0.2, -0.15) is 15.0 Å². The number of nitrogens with two attached hydrogens (primary N) is 1. The Labute approximate surface area is 119 Å². The molecule has 0 saturated carbocycles. The van der Waals surface area contributed by atoms with Crippen molar-refractivity contribution in [3.05, 3.63) is 5.82 Å². The maximum absolute atomic E-state index is 9.05. The van der Waals surface area contributed by atoms with Crippen molar-refractivity contribution in [3.8, 4) is 0 Å². The third kappa shape index (κ3) is 4.01. The second kappa shape index (κ2) is 6.81. The molecule has 1 aromatic rings. The van der Waals surface area contributed by atoms with Crippen molar-refractivity contribution >= 4 is 11.9 Å². The molecule has 0 aromatic carbocycles. The average molecular weight is 280 g/mol. The van der Waals surface area contributed by atoms with Crippen molar-refractivity contribution in [3.63, 3.8) is 0 Å². The number of aliphatic hydroxyl groups excluding tert-OH is 1. The van der Waals surface area contributed by atoms with Crippen molar-refractivity contribution in [1.82, 2.24) is 19.9 Å². The minimum absolute atomic E-state index is 0.266. The van der Waals surface area contributed by atoms with Gasteiger partial charge in [0.05, 0.1) is 6.54 Å². The van der Waals surface area contributed by atoms with Crippen molar-refractivity contribution < 1.29 is 5.11 Å². The average Bonchev–Trinajstić information content (AvgIpc) is 2.38. The summed E-state index contributed by atoms with van der Waals surface area (Å²) in [6.07, 6.45) is 3.23. The molecule has 0 amide bonds. The zero-order valence-corrected chi connectivity index (χ0v) is 12.3. The molecule has 3 N–H and O–H groups in total. The summed E-state index contributed by atoms with van der Waals surface area (Å²) in [5.41, 5.74) is 5.74. The van der Waals surface area contributed by atoms with Gasteiger partial charge in [-0.1, -0.05) is 0 Å². The fourth-order valence-corrected chi connectivity index (χ4v) is 2.61. The molecule has 7 heteroatoms. The molecule has 1 aromatic heterocycles. The van der Waals surface area contributed by atoms with Crippen LogP contribution in [-0.2, 0) is 6.54 Å². The molecule has 0 bridgehead atoms. The van der Waals surface area contributed by atoms with Crippen LogP contribution < -0.4 is 10.6 Å². The van der Waals surface area contributed by atoms with Gasteiger partial charge in [0.1, 0.15) is 5.82 Å². The SMILES string of the molecule is CN(C)c1nc(N)nc(CN2CCCC(CCO)C2)n1. The predicted molar refractivity (Wildman–Crippen MR) is 78.3 cm³/mol. The number of aromatic nitrogens is 3. The normalized spacial score (nSPS) is 20.1.